The van der Waals surface area contributed by atoms with E-state index in [1.54, 1.807) is 19.9 Å². The van der Waals surface area contributed by atoms with Gasteiger partial charge in [0.1, 0.15) is 11.6 Å². The normalized spacial score (nSPS) is 22.4. The third-order valence-electron chi connectivity index (χ3n) is 3.68. The van der Waals surface area contributed by atoms with E-state index in [0.717, 1.165) is 0 Å². The van der Waals surface area contributed by atoms with Crippen molar-refractivity contribution < 1.29 is 17.9 Å². The fourth-order valence-electron chi connectivity index (χ4n) is 2.56. The van der Waals surface area contributed by atoms with E-state index in [-0.39, 0.29) is 31.2 Å². The molecule has 0 bridgehead atoms. The molecular formula is C14H18F3NO. The Hall–Kier alpha value is -1.39. The van der Waals surface area contributed by atoms with E-state index in [4.69, 9.17) is 4.74 Å². The smallest absolute Gasteiger partial charge is 0.251 e. The van der Waals surface area contributed by atoms with Gasteiger partial charge in [0.15, 0.2) is 0 Å². The summed E-state index contributed by atoms with van der Waals surface area (Å²) in [5, 5.41) is 0. The molecule has 2 rings (SSSR count). The molecule has 1 heterocycles. The van der Waals surface area contributed by atoms with Crippen molar-refractivity contribution in [1.29, 1.82) is 0 Å². The number of benzene rings is 1. The van der Waals surface area contributed by atoms with Gasteiger partial charge in [-0.25, -0.2) is 13.2 Å². The molecule has 1 unspecified atom stereocenters. The van der Waals surface area contributed by atoms with Crippen LogP contribution in [0.2, 0.25) is 0 Å². The molecule has 1 aromatic rings. The molecule has 2 nitrogen and oxygen atoms in total. The summed E-state index contributed by atoms with van der Waals surface area (Å²) in [6, 6.07) is 2.69. The van der Waals surface area contributed by atoms with Crippen LogP contribution in [0.25, 0.3) is 0 Å². The molecule has 0 radical (unpaired) electrons. The predicted octanol–water partition coefficient (Wildman–Crippen LogP) is 3.77. The fourth-order valence-corrected chi connectivity index (χ4v) is 2.56. The van der Waals surface area contributed by atoms with Crippen LogP contribution in [-0.2, 0) is 0 Å². The Morgan fingerprint density at radius 2 is 2.05 bits per heavy atom. The number of methoxy groups -OCH3 is 1. The number of alkyl halides is 2. The van der Waals surface area contributed by atoms with Gasteiger partial charge in [-0.1, -0.05) is 0 Å². The first kappa shape index (κ1) is 14.0. The van der Waals surface area contributed by atoms with Crippen molar-refractivity contribution in [2.75, 3.05) is 18.6 Å². The number of piperidine rings is 1. The van der Waals surface area contributed by atoms with Gasteiger partial charge in [-0.3, -0.25) is 0 Å². The molecule has 0 amide bonds. The number of hydrogen-bond acceptors (Lipinski definition) is 2. The summed E-state index contributed by atoms with van der Waals surface area (Å²) in [6.07, 6.45) is -0.402. The summed E-state index contributed by atoms with van der Waals surface area (Å²) in [5.74, 6) is -2.59. The fraction of sp³-hybridized carbons (Fsp3) is 0.571. The lowest BCUT2D eigenvalue weighted by molar-refractivity contribution is -0.0318. The average molecular weight is 273 g/mol. The summed E-state index contributed by atoms with van der Waals surface area (Å²) in [7, 11) is 1.46. The lowest BCUT2D eigenvalue weighted by Gasteiger charge is -2.40. The van der Waals surface area contributed by atoms with E-state index >= 15 is 0 Å². The summed E-state index contributed by atoms with van der Waals surface area (Å²) in [5.41, 5.74) is 1.11. The van der Waals surface area contributed by atoms with E-state index in [1.165, 1.54) is 13.2 Å². The minimum atomic E-state index is -2.62. The molecule has 1 aliphatic heterocycles. The lowest BCUT2D eigenvalue weighted by atomic mass is 9.98. The molecule has 0 aromatic heterocycles. The van der Waals surface area contributed by atoms with Crippen LogP contribution in [0.15, 0.2) is 12.1 Å². The Labute approximate surface area is 111 Å². The second kappa shape index (κ2) is 4.94. The molecule has 0 aliphatic carbocycles. The van der Waals surface area contributed by atoms with Gasteiger partial charge in [-0.2, -0.15) is 0 Å². The van der Waals surface area contributed by atoms with Crippen molar-refractivity contribution in [3.63, 3.8) is 0 Å². The topological polar surface area (TPSA) is 12.5 Å². The zero-order chi connectivity index (χ0) is 14.2. The van der Waals surface area contributed by atoms with Crippen LogP contribution in [0.3, 0.4) is 0 Å². The highest BCUT2D eigenvalue weighted by Crippen LogP contribution is 2.37. The van der Waals surface area contributed by atoms with E-state index in [9.17, 15) is 13.2 Å². The maximum atomic E-state index is 13.8. The number of anilines is 1. The van der Waals surface area contributed by atoms with E-state index < -0.39 is 5.92 Å². The van der Waals surface area contributed by atoms with Crippen LogP contribution in [0.1, 0.15) is 25.3 Å². The Balaban J connectivity index is 2.34. The Morgan fingerprint density at radius 3 is 2.63 bits per heavy atom. The maximum absolute atomic E-state index is 13.8. The van der Waals surface area contributed by atoms with Gasteiger partial charge in [0.05, 0.1) is 7.11 Å². The monoisotopic (exact) mass is 273 g/mol. The third kappa shape index (κ3) is 2.80. The zero-order valence-corrected chi connectivity index (χ0v) is 11.3. The minimum Gasteiger partial charge on any atom is -0.497 e. The van der Waals surface area contributed by atoms with Crippen molar-refractivity contribution in [1.82, 2.24) is 0 Å². The highest BCUT2D eigenvalue weighted by molar-refractivity contribution is 5.58. The SMILES string of the molecule is COc1cc(F)c(C)c(N2CCC(F)(F)CC2C)c1. The molecule has 106 valence electrons. The average Bonchev–Trinajstić information content (AvgIpc) is 2.32. The summed E-state index contributed by atoms with van der Waals surface area (Å²) >= 11 is 0. The number of rotatable bonds is 2. The lowest BCUT2D eigenvalue weighted by Crippen LogP contribution is -2.45. The number of halogens is 3. The van der Waals surface area contributed by atoms with Gasteiger partial charge in [0, 0.05) is 48.8 Å². The Bertz CT molecular complexity index is 476. The zero-order valence-electron chi connectivity index (χ0n) is 11.3. The quantitative estimate of drug-likeness (QED) is 0.813. The summed E-state index contributed by atoms with van der Waals surface area (Å²) in [4.78, 5) is 1.83. The molecule has 1 atom stereocenters. The molecular weight excluding hydrogens is 255 g/mol. The van der Waals surface area contributed by atoms with E-state index in [0.29, 0.717) is 17.0 Å². The first-order valence-electron chi connectivity index (χ1n) is 6.32. The van der Waals surface area contributed by atoms with Gasteiger partial charge in [0.25, 0.3) is 5.92 Å². The second-order valence-corrected chi connectivity index (χ2v) is 5.11. The van der Waals surface area contributed by atoms with Crippen molar-refractivity contribution in [3.05, 3.63) is 23.5 Å². The van der Waals surface area contributed by atoms with Crippen molar-refractivity contribution in [2.45, 2.75) is 38.7 Å². The predicted molar refractivity (Wildman–Crippen MR) is 68.7 cm³/mol. The van der Waals surface area contributed by atoms with Crippen molar-refractivity contribution in [2.24, 2.45) is 0 Å². The van der Waals surface area contributed by atoms with Gasteiger partial charge < -0.3 is 9.64 Å². The second-order valence-electron chi connectivity index (χ2n) is 5.11. The van der Waals surface area contributed by atoms with Gasteiger partial charge in [0.2, 0.25) is 0 Å². The van der Waals surface area contributed by atoms with E-state index in [2.05, 4.69) is 0 Å². The van der Waals surface area contributed by atoms with Crippen LogP contribution in [0.4, 0.5) is 18.9 Å². The highest BCUT2D eigenvalue weighted by atomic mass is 19.3. The van der Waals surface area contributed by atoms with Crippen LogP contribution in [0, 0.1) is 12.7 Å². The minimum absolute atomic E-state index is 0.199. The highest BCUT2D eigenvalue weighted by Gasteiger charge is 2.38. The molecule has 5 heteroatoms. The van der Waals surface area contributed by atoms with Gasteiger partial charge in [-0.15, -0.1) is 0 Å². The maximum Gasteiger partial charge on any atom is 0.251 e. The van der Waals surface area contributed by atoms with E-state index in [1.807, 2.05) is 4.90 Å². The molecule has 1 aromatic carbocycles. The first-order chi connectivity index (χ1) is 8.84. The molecule has 1 fully saturated rings. The Morgan fingerprint density at radius 1 is 1.37 bits per heavy atom. The van der Waals surface area contributed by atoms with Crippen molar-refractivity contribution >= 4 is 5.69 Å². The summed E-state index contributed by atoms with van der Waals surface area (Å²) < 4.78 is 45.5. The van der Waals surface area contributed by atoms with Crippen LogP contribution < -0.4 is 9.64 Å². The third-order valence-corrected chi connectivity index (χ3v) is 3.68. The number of ether oxygens (including phenoxy) is 1. The standard InChI is InChI=1S/C14H18F3NO/c1-9-8-14(16,17)4-5-18(9)13-7-11(19-3)6-12(15)10(13)2/h6-7,9H,4-5,8H2,1-3H3. The number of nitrogens with zero attached hydrogens (tertiary/aromatic N) is 1. The molecule has 1 aliphatic rings. The molecule has 19 heavy (non-hydrogen) atoms. The molecule has 0 saturated carbocycles. The van der Waals surface area contributed by atoms with Crippen LogP contribution in [-0.4, -0.2) is 25.6 Å². The number of hydrogen-bond donors (Lipinski definition) is 0. The van der Waals surface area contributed by atoms with Crippen LogP contribution in [0.5, 0.6) is 5.75 Å². The molecule has 0 spiro atoms. The molecule has 1 saturated heterocycles. The Kier molecular flexibility index (Phi) is 3.65. The van der Waals surface area contributed by atoms with Crippen LogP contribution >= 0.6 is 0 Å². The van der Waals surface area contributed by atoms with Gasteiger partial charge in [-0.05, 0) is 13.8 Å². The summed E-state index contributed by atoms with van der Waals surface area (Å²) in [6.45, 7) is 3.62. The molecule has 0 N–H and O–H groups in total. The van der Waals surface area contributed by atoms with Crippen molar-refractivity contribution in [3.8, 4) is 5.75 Å². The first-order valence-corrected chi connectivity index (χ1v) is 6.32. The largest absolute Gasteiger partial charge is 0.497 e. The van der Waals surface area contributed by atoms with Gasteiger partial charge >= 0.3 is 0 Å².